The van der Waals surface area contributed by atoms with E-state index in [0.29, 0.717) is 50.3 Å². The number of alkyl halides is 4. The fourth-order valence-corrected chi connectivity index (χ4v) is 8.38. The molecule has 6 rings (SSSR count). The van der Waals surface area contributed by atoms with Gasteiger partial charge in [0, 0.05) is 55.6 Å². The van der Waals surface area contributed by atoms with Gasteiger partial charge < -0.3 is 34.5 Å². The number of ether oxygens (including phenoxy) is 1. The molecule has 2 aromatic rings. The number of benzene rings is 1. The van der Waals surface area contributed by atoms with Crippen LogP contribution in [-0.4, -0.2) is 137 Å². The molecule has 0 spiro atoms. The number of rotatable bonds is 8. The van der Waals surface area contributed by atoms with Gasteiger partial charge in [-0.15, -0.1) is 11.3 Å². The zero-order valence-corrected chi connectivity index (χ0v) is 27.9. The number of nitrogens with zero attached hydrogens (tertiary/aromatic N) is 4. The van der Waals surface area contributed by atoms with E-state index in [1.807, 2.05) is 0 Å². The van der Waals surface area contributed by atoms with Crippen LogP contribution < -0.4 is 5.32 Å². The molecule has 3 atom stereocenters. The molecule has 4 aliphatic heterocycles. The number of halogens is 4. The summed E-state index contributed by atoms with van der Waals surface area (Å²) in [7, 11) is -5.83. The highest BCUT2D eigenvalue weighted by Gasteiger charge is 2.51. The molecule has 4 fully saturated rings. The molecule has 0 aliphatic carbocycles. The number of hydrogen-bond acceptors (Lipinski definition) is 8. The minimum absolute atomic E-state index is 0.0101. The molecule has 268 valence electrons. The van der Waals surface area contributed by atoms with E-state index in [4.69, 9.17) is 14.5 Å². The van der Waals surface area contributed by atoms with E-state index in [0.717, 1.165) is 23.5 Å². The molecule has 4 saturated heterocycles. The maximum atomic E-state index is 14.3. The van der Waals surface area contributed by atoms with E-state index in [2.05, 4.69) is 5.32 Å². The zero-order valence-electron chi connectivity index (χ0n) is 26.2. The van der Waals surface area contributed by atoms with Crippen molar-refractivity contribution in [3.8, 4) is 0 Å². The van der Waals surface area contributed by atoms with Crippen LogP contribution >= 0.6 is 18.9 Å². The van der Waals surface area contributed by atoms with Crippen molar-refractivity contribution in [1.82, 2.24) is 24.9 Å². The number of likely N-dealkylation sites (tertiary alicyclic amines) is 1. The van der Waals surface area contributed by atoms with E-state index in [1.165, 1.54) is 21.9 Å². The van der Waals surface area contributed by atoms with Crippen molar-refractivity contribution in [3.63, 3.8) is 0 Å². The molecule has 4 amide bonds. The first-order chi connectivity index (χ1) is 23.1. The van der Waals surface area contributed by atoms with Crippen molar-refractivity contribution in [2.24, 2.45) is 5.92 Å². The summed E-state index contributed by atoms with van der Waals surface area (Å²) in [6, 6.07) is 1.54. The van der Waals surface area contributed by atoms with Crippen molar-refractivity contribution < 1.29 is 55.8 Å². The Kier molecular flexibility index (Phi) is 10.1. The molecular weight excluding hydrogens is 697 g/mol. The predicted octanol–water partition coefficient (Wildman–Crippen LogP) is 1.87. The lowest BCUT2D eigenvalue weighted by Gasteiger charge is -2.44. The van der Waals surface area contributed by atoms with Crippen molar-refractivity contribution in [2.45, 2.75) is 49.5 Å². The van der Waals surface area contributed by atoms with Crippen LogP contribution in [0.3, 0.4) is 0 Å². The molecule has 19 heteroatoms. The summed E-state index contributed by atoms with van der Waals surface area (Å²) in [6.07, 6.45) is -1.57. The first-order valence-electron chi connectivity index (χ1n) is 15.9. The average molecular weight is 734 g/mol. The Morgan fingerprint density at radius 1 is 1.00 bits per heavy atom. The predicted molar refractivity (Wildman–Crippen MR) is 167 cm³/mol. The van der Waals surface area contributed by atoms with Gasteiger partial charge in [-0.25, -0.2) is 8.78 Å². The Hall–Kier alpha value is -3.15. The summed E-state index contributed by atoms with van der Waals surface area (Å²) in [4.78, 5) is 78.4. The van der Waals surface area contributed by atoms with Crippen molar-refractivity contribution in [1.29, 1.82) is 0 Å². The highest BCUT2D eigenvalue weighted by Crippen LogP contribution is 2.59. The summed E-state index contributed by atoms with van der Waals surface area (Å²) < 4.78 is 72.6. The summed E-state index contributed by atoms with van der Waals surface area (Å²) in [5, 5.41) is 2.72. The van der Waals surface area contributed by atoms with Gasteiger partial charge in [0.05, 0.1) is 30.6 Å². The molecule has 0 bridgehead atoms. The molecule has 4 aliphatic rings. The van der Waals surface area contributed by atoms with Gasteiger partial charge in [-0.3, -0.25) is 28.6 Å². The number of carbonyl (C=O) groups is 4. The fraction of sp³-hybridized carbons (Fsp3) is 0.600. The summed E-state index contributed by atoms with van der Waals surface area (Å²) in [5.74, 6) is -2.11. The third kappa shape index (κ3) is 7.21. The van der Waals surface area contributed by atoms with Gasteiger partial charge in [0.25, 0.3) is 12.3 Å². The highest BCUT2D eigenvalue weighted by atomic mass is 32.1. The highest BCUT2D eigenvalue weighted by molar-refractivity contribution is 7.52. The van der Waals surface area contributed by atoms with E-state index in [-0.39, 0.29) is 54.2 Å². The van der Waals surface area contributed by atoms with Crippen molar-refractivity contribution in [2.75, 3.05) is 59.0 Å². The van der Waals surface area contributed by atoms with Crippen LogP contribution in [-0.2, 0) is 29.3 Å². The lowest BCUT2D eigenvalue weighted by Crippen LogP contribution is -2.64. The minimum Gasteiger partial charge on any atom is -0.378 e. The molecule has 0 saturated carbocycles. The van der Waals surface area contributed by atoms with Gasteiger partial charge in [-0.05, 0) is 42.8 Å². The van der Waals surface area contributed by atoms with E-state index in [1.54, 1.807) is 9.80 Å². The lowest BCUT2D eigenvalue weighted by atomic mass is 9.96. The Morgan fingerprint density at radius 2 is 1.71 bits per heavy atom. The first-order valence-corrected chi connectivity index (χ1v) is 18.3. The van der Waals surface area contributed by atoms with Crippen LogP contribution in [0.1, 0.15) is 34.5 Å². The smallest absolute Gasteiger partial charge is 0.378 e. The van der Waals surface area contributed by atoms with Gasteiger partial charge in [0.2, 0.25) is 17.7 Å². The van der Waals surface area contributed by atoms with E-state index >= 15 is 0 Å². The molecule has 5 heterocycles. The Bertz CT molecular complexity index is 1660. The van der Waals surface area contributed by atoms with Crippen LogP contribution in [0.25, 0.3) is 10.1 Å². The summed E-state index contributed by atoms with van der Waals surface area (Å²) >= 11 is 0.887. The number of carbonyl (C=O) groups excluding carboxylic acids is 4. The number of hydrogen-bond donors (Lipinski definition) is 3. The maximum Gasteiger partial charge on any atom is 0.399 e. The largest absolute Gasteiger partial charge is 0.399 e. The molecule has 1 unspecified atom stereocenters. The number of amides is 4. The second kappa shape index (κ2) is 13.9. The average Bonchev–Trinajstić information content (AvgIpc) is 3.65. The van der Waals surface area contributed by atoms with E-state index in [9.17, 15) is 41.3 Å². The van der Waals surface area contributed by atoms with E-state index < -0.39 is 61.7 Å². The normalized spacial score (nSPS) is 24.5. The third-order valence-electron chi connectivity index (χ3n) is 9.58. The number of fused-ring (bicyclic) bond motifs is 2. The van der Waals surface area contributed by atoms with Crippen molar-refractivity contribution in [3.05, 3.63) is 34.7 Å². The summed E-state index contributed by atoms with van der Waals surface area (Å²) in [6.45, 7) is 1.60. The van der Waals surface area contributed by atoms with Gasteiger partial charge in [-0.2, -0.15) is 8.78 Å². The monoisotopic (exact) mass is 733 g/mol. The van der Waals surface area contributed by atoms with Crippen LogP contribution in [0.2, 0.25) is 0 Å². The quantitative estimate of drug-likeness (QED) is 0.272. The van der Waals surface area contributed by atoms with Gasteiger partial charge in [0.15, 0.2) is 0 Å². The fourth-order valence-electron chi connectivity index (χ4n) is 6.96. The van der Waals surface area contributed by atoms with Gasteiger partial charge in [0.1, 0.15) is 12.1 Å². The molecule has 1 aromatic heterocycles. The molecule has 0 radical (unpaired) electrons. The molecule has 1 aromatic carbocycles. The standard InChI is InChI=1S/C30H36F4N5O8PS/c31-25(32)16-36-6-5-20-2-3-22(29(43)38-13-18(14-38)27(41)37-7-9-47-10-8-37)39(20)28(42)21(15-36)35-26(40)24-12-17-11-19(1-4-23(17)49-24)30(33,34)48(44,45)46/h1,4,11-12,18,20-22,25H,2-3,5-10,13-16H2,(H,35,40)(H2,44,45,46)/t20-,21?,22+/m1/s1. The minimum atomic E-state index is -5.83. The van der Waals surface area contributed by atoms with Gasteiger partial charge in [-0.1, -0.05) is 6.07 Å². The lowest BCUT2D eigenvalue weighted by molar-refractivity contribution is -0.157. The SMILES string of the molecule is O=C(NC1CN(CC(F)F)CC[C@H]2CC[C@@H](C(=O)N3CC(C(=O)N4CCOCC4)C3)N2C1=O)c1cc2cc(C(F)(F)P(=O)(O)O)ccc2s1. The number of morpholine rings is 1. The Balaban J connectivity index is 1.18. The number of nitrogens with one attached hydrogen (secondary N) is 1. The maximum absolute atomic E-state index is 14.3. The molecular formula is C30H36F4N5O8PS. The number of thiophene rings is 1. The van der Waals surface area contributed by atoms with Crippen LogP contribution in [0.5, 0.6) is 0 Å². The Morgan fingerprint density at radius 3 is 2.39 bits per heavy atom. The topological polar surface area (TPSA) is 160 Å². The second-order valence-corrected chi connectivity index (χ2v) is 15.5. The Labute approximate surface area is 282 Å². The van der Waals surface area contributed by atoms with Crippen LogP contribution in [0.4, 0.5) is 17.6 Å². The van der Waals surface area contributed by atoms with Crippen LogP contribution in [0, 0.1) is 5.92 Å². The molecule has 49 heavy (non-hydrogen) atoms. The summed E-state index contributed by atoms with van der Waals surface area (Å²) in [5.41, 5.74) is -5.40. The van der Waals surface area contributed by atoms with Gasteiger partial charge >= 0.3 is 13.3 Å². The molecule has 3 N–H and O–H groups in total. The second-order valence-electron chi connectivity index (χ2n) is 12.8. The van der Waals surface area contributed by atoms with Crippen LogP contribution in [0.15, 0.2) is 24.3 Å². The zero-order chi connectivity index (χ0) is 35.2. The molecule has 13 nitrogen and oxygen atoms in total. The third-order valence-corrected chi connectivity index (χ3v) is 11.7. The van der Waals surface area contributed by atoms with Crippen molar-refractivity contribution >= 4 is 52.6 Å². The first kappa shape index (κ1) is 35.7.